The SMILES string of the molecule is Nc1ccc(F)cc1-c1nnc2n1CCCCC2. The first-order valence-corrected chi connectivity index (χ1v) is 6.23. The lowest BCUT2D eigenvalue weighted by atomic mass is 10.1. The number of nitrogens with two attached hydrogens (primary N) is 1. The van der Waals surface area contributed by atoms with E-state index in [1.807, 2.05) is 0 Å². The fourth-order valence-electron chi connectivity index (χ4n) is 2.41. The number of anilines is 1. The number of aryl methyl sites for hydroxylation is 1. The summed E-state index contributed by atoms with van der Waals surface area (Å²) >= 11 is 0. The van der Waals surface area contributed by atoms with Gasteiger partial charge in [0.15, 0.2) is 5.82 Å². The normalized spacial score (nSPS) is 15.2. The molecule has 4 nitrogen and oxygen atoms in total. The molecule has 0 atom stereocenters. The summed E-state index contributed by atoms with van der Waals surface area (Å²) in [6, 6.07) is 4.36. The first-order chi connectivity index (χ1) is 8.75. The van der Waals surface area contributed by atoms with Crippen molar-refractivity contribution in [3.05, 3.63) is 29.8 Å². The summed E-state index contributed by atoms with van der Waals surface area (Å²) in [6.07, 6.45) is 4.37. The first kappa shape index (κ1) is 11.2. The van der Waals surface area contributed by atoms with E-state index in [9.17, 15) is 4.39 Å². The predicted molar refractivity (Wildman–Crippen MR) is 67.4 cm³/mol. The van der Waals surface area contributed by atoms with Crippen LogP contribution >= 0.6 is 0 Å². The molecule has 0 bridgehead atoms. The van der Waals surface area contributed by atoms with Crippen LogP contribution in [0.15, 0.2) is 18.2 Å². The zero-order valence-electron chi connectivity index (χ0n) is 10.1. The maximum absolute atomic E-state index is 13.3. The molecule has 1 aliphatic rings. The van der Waals surface area contributed by atoms with E-state index in [0.29, 0.717) is 17.1 Å². The molecular formula is C13H15FN4. The van der Waals surface area contributed by atoms with Crippen LogP contribution in [0.1, 0.15) is 25.1 Å². The molecule has 94 valence electrons. The lowest BCUT2D eigenvalue weighted by Crippen LogP contribution is -2.04. The highest BCUT2D eigenvalue weighted by atomic mass is 19.1. The van der Waals surface area contributed by atoms with Gasteiger partial charge in [0.1, 0.15) is 11.6 Å². The van der Waals surface area contributed by atoms with Crippen LogP contribution in [0.2, 0.25) is 0 Å². The summed E-state index contributed by atoms with van der Waals surface area (Å²) in [5, 5.41) is 8.38. The number of hydrogen-bond donors (Lipinski definition) is 1. The molecule has 1 aliphatic heterocycles. The maximum atomic E-state index is 13.3. The average Bonchev–Trinajstić information content (AvgIpc) is 2.61. The van der Waals surface area contributed by atoms with Crippen molar-refractivity contribution in [1.29, 1.82) is 0 Å². The molecule has 0 amide bonds. The molecule has 0 aliphatic carbocycles. The summed E-state index contributed by atoms with van der Waals surface area (Å²) in [6.45, 7) is 0.883. The molecule has 2 aromatic rings. The van der Waals surface area contributed by atoms with Crippen molar-refractivity contribution in [1.82, 2.24) is 14.8 Å². The van der Waals surface area contributed by atoms with E-state index in [4.69, 9.17) is 5.73 Å². The second-order valence-corrected chi connectivity index (χ2v) is 4.63. The third kappa shape index (κ3) is 1.85. The summed E-state index contributed by atoms with van der Waals surface area (Å²) in [7, 11) is 0. The van der Waals surface area contributed by atoms with E-state index >= 15 is 0 Å². The van der Waals surface area contributed by atoms with E-state index < -0.39 is 0 Å². The van der Waals surface area contributed by atoms with Gasteiger partial charge in [-0.1, -0.05) is 6.42 Å². The minimum absolute atomic E-state index is 0.301. The van der Waals surface area contributed by atoms with Crippen molar-refractivity contribution < 1.29 is 4.39 Å². The van der Waals surface area contributed by atoms with Crippen molar-refractivity contribution >= 4 is 5.69 Å². The number of nitrogens with zero attached hydrogens (tertiary/aromatic N) is 3. The topological polar surface area (TPSA) is 56.7 Å². The van der Waals surface area contributed by atoms with Crippen LogP contribution in [0, 0.1) is 5.82 Å². The van der Waals surface area contributed by atoms with E-state index in [1.54, 1.807) is 6.07 Å². The second kappa shape index (κ2) is 4.40. The number of benzene rings is 1. The minimum atomic E-state index is -0.301. The van der Waals surface area contributed by atoms with Crippen LogP contribution in [0.25, 0.3) is 11.4 Å². The molecule has 0 unspecified atom stereocenters. The van der Waals surface area contributed by atoms with Gasteiger partial charge in [-0.2, -0.15) is 0 Å². The average molecular weight is 246 g/mol. The van der Waals surface area contributed by atoms with Gasteiger partial charge >= 0.3 is 0 Å². The quantitative estimate of drug-likeness (QED) is 0.786. The number of fused-ring (bicyclic) bond motifs is 1. The van der Waals surface area contributed by atoms with Gasteiger partial charge in [0.25, 0.3) is 0 Å². The van der Waals surface area contributed by atoms with Crippen molar-refractivity contribution in [2.45, 2.75) is 32.2 Å². The highest BCUT2D eigenvalue weighted by molar-refractivity contribution is 5.71. The van der Waals surface area contributed by atoms with Crippen LogP contribution in [-0.4, -0.2) is 14.8 Å². The predicted octanol–water partition coefficient (Wildman–Crippen LogP) is 2.39. The van der Waals surface area contributed by atoms with E-state index in [2.05, 4.69) is 14.8 Å². The fraction of sp³-hybridized carbons (Fsp3) is 0.385. The van der Waals surface area contributed by atoms with Gasteiger partial charge in [-0.25, -0.2) is 4.39 Å². The molecule has 0 spiro atoms. The highest BCUT2D eigenvalue weighted by Crippen LogP contribution is 2.27. The van der Waals surface area contributed by atoms with Crippen molar-refractivity contribution in [3.63, 3.8) is 0 Å². The van der Waals surface area contributed by atoms with Gasteiger partial charge in [-0.3, -0.25) is 0 Å². The summed E-state index contributed by atoms with van der Waals surface area (Å²) in [5.41, 5.74) is 7.08. The minimum Gasteiger partial charge on any atom is -0.398 e. The van der Waals surface area contributed by atoms with E-state index in [-0.39, 0.29) is 5.82 Å². The molecule has 3 rings (SSSR count). The summed E-state index contributed by atoms with van der Waals surface area (Å²) in [4.78, 5) is 0. The van der Waals surface area contributed by atoms with Gasteiger partial charge in [0.05, 0.1) is 0 Å². The van der Waals surface area contributed by atoms with Crippen LogP contribution in [-0.2, 0) is 13.0 Å². The Hall–Kier alpha value is -1.91. The fourth-order valence-corrected chi connectivity index (χ4v) is 2.41. The zero-order valence-corrected chi connectivity index (χ0v) is 10.1. The van der Waals surface area contributed by atoms with Crippen LogP contribution in [0.4, 0.5) is 10.1 Å². The van der Waals surface area contributed by atoms with Gasteiger partial charge in [0.2, 0.25) is 0 Å². The van der Waals surface area contributed by atoms with Crippen LogP contribution < -0.4 is 5.73 Å². The number of nitrogen functional groups attached to an aromatic ring is 1. The maximum Gasteiger partial charge on any atom is 0.166 e. The number of halogens is 1. The van der Waals surface area contributed by atoms with Crippen molar-refractivity contribution in [2.24, 2.45) is 0 Å². The molecule has 0 saturated heterocycles. The number of rotatable bonds is 1. The highest BCUT2D eigenvalue weighted by Gasteiger charge is 2.17. The van der Waals surface area contributed by atoms with Crippen molar-refractivity contribution in [2.75, 3.05) is 5.73 Å². The first-order valence-electron chi connectivity index (χ1n) is 6.23. The van der Waals surface area contributed by atoms with Crippen LogP contribution in [0.5, 0.6) is 0 Å². The Morgan fingerprint density at radius 3 is 2.94 bits per heavy atom. The third-order valence-electron chi connectivity index (χ3n) is 3.37. The number of aromatic nitrogens is 3. The lowest BCUT2D eigenvalue weighted by molar-refractivity contribution is 0.625. The standard InChI is InChI=1S/C13H15FN4/c14-9-5-6-11(15)10(8-9)13-17-16-12-4-2-1-3-7-18(12)13/h5-6,8H,1-4,7,15H2. The largest absolute Gasteiger partial charge is 0.398 e. The molecular weight excluding hydrogens is 231 g/mol. The zero-order chi connectivity index (χ0) is 12.5. The third-order valence-corrected chi connectivity index (χ3v) is 3.37. The van der Waals surface area contributed by atoms with Gasteiger partial charge in [-0.05, 0) is 31.0 Å². The van der Waals surface area contributed by atoms with Crippen LogP contribution in [0.3, 0.4) is 0 Å². The van der Waals surface area contributed by atoms with E-state index in [1.165, 1.54) is 18.6 Å². The molecule has 18 heavy (non-hydrogen) atoms. The molecule has 0 fully saturated rings. The Morgan fingerprint density at radius 2 is 2.06 bits per heavy atom. The van der Waals surface area contributed by atoms with E-state index in [0.717, 1.165) is 31.6 Å². The Balaban J connectivity index is 2.12. The van der Waals surface area contributed by atoms with Gasteiger partial charge < -0.3 is 10.3 Å². The van der Waals surface area contributed by atoms with Gasteiger partial charge in [0, 0.05) is 24.2 Å². The van der Waals surface area contributed by atoms with Gasteiger partial charge in [-0.15, -0.1) is 10.2 Å². The summed E-state index contributed by atoms with van der Waals surface area (Å²) < 4.78 is 15.4. The molecule has 0 radical (unpaired) electrons. The molecule has 1 aromatic carbocycles. The molecule has 2 N–H and O–H groups in total. The summed E-state index contributed by atoms with van der Waals surface area (Å²) in [5.74, 6) is 1.36. The molecule has 0 saturated carbocycles. The Kier molecular flexibility index (Phi) is 2.74. The second-order valence-electron chi connectivity index (χ2n) is 4.63. The Morgan fingerprint density at radius 1 is 1.17 bits per heavy atom. The Labute approximate surface area is 105 Å². The van der Waals surface area contributed by atoms with Crippen molar-refractivity contribution in [3.8, 4) is 11.4 Å². The number of hydrogen-bond acceptors (Lipinski definition) is 3. The smallest absolute Gasteiger partial charge is 0.166 e. The molecule has 1 aromatic heterocycles. The monoisotopic (exact) mass is 246 g/mol. The molecule has 2 heterocycles. The lowest BCUT2D eigenvalue weighted by Gasteiger charge is -2.09. The molecule has 5 heteroatoms. The Bertz CT molecular complexity index is 576.